The van der Waals surface area contributed by atoms with Gasteiger partial charge in [0.05, 0.1) is 12.7 Å². The molecule has 10 nitrogen and oxygen atoms in total. The highest BCUT2D eigenvalue weighted by Crippen LogP contribution is 2.04. The molecule has 1 aromatic rings. The van der Waals surface area contributed by atoms with Crippen LogP contribution < -0.4 is 5.32 Å². The van der Waals surface area contributed by atoms with Gasteiger partial charge in [-0.1, -0.05) is 0 Å². The SMILES string of the molecule is CNC[C@H](O)[C@@H](O)[C@H](O)[C@H](O)CO.O=C(O)c1ncccn1. The van der Waals surface area contributed by atoms with Crippen molar-refractivity contribution in [1.29, 1.82) is 0 Å². The molecule has 0 spiro atoms. The molecule has 0 aromatic carbocycles. The smallest absolute Gasteiger partial charge is 0.373 e. The normalized spacial score (nSPS) is 15.9. The molecule has 0 unspecified atom stereocenters. The zero-order chi connectivity index (χ0) is 17.1. The number of aliphatic hydroxyl groups excluding tert-OH is 5. The van der Waals surface area contributed by atoms with Crippen LogP contribution in [-0.4, -0.2) is 91.2 Å². The Balaban J connectivity index is 0.000000425. The number of carbonyl (C=O) groups is 1. The van der Waals surface area contributed by atoms with Crippen LogP contribution in [0.15, 0.2) is 18.5 Å². The second-order valence-electron chi connectivity index (χ2n) is 4.23. The predicted molar refractivity (Wildman–Crippen MR) is 74.0 cm³/mol. The van der Waals surface area contributed by atoms with E-state index in [-0.39, 0.29) is 12.4 Å². The second kappa shape index (κ2) is 11.0. The second-order valence-corrected chi connectivity index (χ2v) is 4.23. The Kier molecular flexibility index (Phi) is 10.1. The molecule has 10 heteroatoms. The zero-order valence-corrected chi connectivity index (χ0v) is 11.9. The summed E-state index contributed by atoms with van der Waals surface area (Å²) in [5.41, 5.74) is 0. The molecular weight excluding hydrogens is 298 g/mol. The third-order valence-electron chi connectivity index (χ3n) is 2.50. The van der Waals surface area contributed by atoms with Crippen LogP contribution in [0.1, 0.15) is 10.6 Å². The molecule has 1 heterocycles. The van der Waals surface area contributed by atoms with Crippen molar-refractivity contribution in [1.82, 2.24) is 15.3 Å². The van der Waals surface area contributed by atoms with Gasteiger partial charge in [0.25, 0.3) is 0 Å². The molecule has 0 aliphatic carbocycles. The van der Waals surface area contributed by atoms with Crippen LogP contribution in [0.3, 0.4) is 0 Å². The van der Waals surface area contributed by atoms with Gasteiger partial charge < -0.3 is 36.0 Å². The molecule has 0 bridgehead atoms. The van der Waals surface area contributed by atoms with Gasteiger partial charge in [-0.2, -0.15) is 0 Å². The van der Waals surface area contributed by atoms with Crippen molar-refractivity contribution < 1.29 is 35.4 Å². The molecule has 0 fully saturated rings. The van der Waals surface area contributed by atoms with E-state index in [2.05, 4.69) is 15.3 Å². The van der Waals surface area contributed by atoms with Gasteiger partial charge in [0.15, 0.2) is 0 Å². The Labute approximate surface area is 126 Å². The van der Waals surface area contributed by atoms with Crippen molar-refractivity contribution in [2.24, 2.45) is 0 Å². The quantitative estimate of drug-likeness (QED) is 0.271. The molecule has 0 aliphatic rings. The minimum atomic E-state index is -1.55. The van der Waals surface area contributed by atoms with E-state index in [4.69, 9.17) is 25.5 Å². The highest BCUT2D eigenvalue weighted by atomic mass is 16.4. The Morgan fingerprint density at radius 3 is 2.00 bits per heavy atom. The molecule has 0 aliphatic heterocycles. The van der Waals surface area contributed by atoms with Gasteiger partial charge >= 0.3 is 5.97 Å². The minimum absolute atomic E-state index is 0.0936. The first-order valence-electron chi connectivity index (χ1n) is 6.33. The highest BCUT2D eigenvalue weighted by Gasteiger charge is 2.29. The van der Waals surface area contributed by atoms with Gasteiger partial charge in [0, 0.05) is 18.9 Å². The Morgan fingerprint density at radius 2 is 1.64 bits per heavy atom. The van der Waals surface area contributed by atoms with Crippen LogP contribution in [0.4, 0.5) is 0 Å². The number of rotatable bonds is 7. The largest absolute Gasteiger partial charge is 0.475 e. The van der Waals surface area contributed by atoms with Crippen LogP contribution in [0, 0.1) is 0 Å². The maximum absolute atomic E-state index is 10.1. The van der Waals surface area contributed by atoms with E-state index in [1.807, 2.05) is 0 Å². The minimum Gasteiger partial charge on any atom is -0.475 e. The fraction of sp³-hybridized carbons (Fsp3) is 0.583. The Bertz CT molecular complexity index is 420. The number of carboxylic acid groups (broad SMARTS) is 1. The highest BCUT2D eigenvalue weighted by molar-refractivity contribution is 5.82. The number of aromatic carboxylic acids is 1. The summed E-state index contributed by atoms with van der Waals surface area (Å²) in [4.78, 5) is 17.0. The third kappa shape index (κ3) is 7.36. The number of hydrogen-bond acceptors (Lipinski definition) is 9. The van der Waals surface area contributed by atoms with Gasteiger partial charge in [-0.25, -0.2) is 14.8 Å². The average Bonchev–Trinajstić information content (AvgIpc) is 2.54. The van der Waals surface area contributed by atoms with Crippen molar-refractivity contribution in [2.45, 2.75) is 24.4 Å². The molecule has 1 rings (SSSR count). The molecule has 7 N–H and O–H groups in total. The van der Waals surface area contributed by atoms with E-state index in [0.29, 0.717) is 0 Å². The maximum atomic E-state index is 10.1. The van der Waals surface area contributed by atoms with Crippen molar-refractivity contribution >= 4 is 5.97 Å². The van der Waals surface area contributed by atoms with Crippen LogP contribution >= 0.6 is 0 Å². The summed E-state index contributed by atoms with van der Waals surface area (Å²) in [5, 5.41) is 55.7. The van der Waals surface area contributed by atoms with E-state index >= 15 is 0 Å². The summed E-state index contributed by atoms with van der Waals surface area (Å²) in [6, 6.07) is 1.56. The molecule has 1 aromatic heterocycles. The van der Waals surface area contributed by atoms with E-state index in [1.165, 1.54) is 12.4 Å². The maximum Gasteiger partial charge on any atom is 0.373 e. The molecule has 0 saturated carbocycles. The lowest BCUT2D eigenvalue weighted by molar-refractivity contribution is -0.113. The fourth-order valence-corrected chi connectivity index (χ4v) is 1.30. The number of nitrogens with zero attached hydrogens (tertiary/aromatic N) is 2. The molecule has 0 amide bonds. The third-order valence-corrected chi connectivity index (χ3v) is 2.50. The van der Waals surface area contributed by atoms with E-state index in [0.717, 1.165) is 0 Å². The predicted octanol–water partition coefficient (Wildman–Crippen LogP) is -3.18. The van der Waals surface area contributed by atoms with Crippen LogP contribution in [-0.2, 0) is 0 Å². The van der Waals surface area contributed by atoms with Crippen molar-refractivity contribution in [3.8, 4) is 0 Å². The van der Waals surface area contributed by atoms with E-state index < -0.39 is 37.0 Å². The average molecular weight is 319 g/mol. The van der Waals surface area contributed by atoms with E-state index in [9.17, 15) is 9.90 Å². The lowest BCUT2D eigenvalue weighted by Gasteiger charge is -2.25. The number of aromatic nitrogens is 2. The topological polar surface area (TPSA) is 176 Å². The standard InChI is InChI=1S/C7H17NO5.C5H4N2O2/c1-8-2-4(10)6(12)7(13)5(11)3-9;8-5(9)4-6-2-1-3-7-4/h4-13H,2-3H2,1H3;1-3H,(H,8,9)/t4-,5+,6+,7+;/m0./s1. The number of hydrogen-bond donors (Lipinski definition) is 7. The molecule has 0 saturated heterocycles. The van der Waals surface area contributed by atoms with Crippen LogP contribution in [0.2, 0.25) is 0 Å². The van der Waals surface area contributed by atoms with Gasteiger partial charge in [-0.15, -0.1) is 0 Å². The number of nitrogens with one attached hydrogen (secondary N) is 1. The molecule has 126 valence electrons. The Morgan fingerprint density at radius 1 is 1.14 bits per heavy atom. The lowest BCUT2D eigenvalue weighted by atomic mass is 10.0. The number of likely N-dealkylation sites (N-methyl/N-ethyl adjacent to an activating group) is 1. The van der Waals surface area contributed by atoms with Crippen LogP contribution in [0.25, 0.3) is 0 Å². The summed E-state index contributed by atoms with van der Waals surface area (Å²) in [7, 11) is 1.57. The van der Waals surface area contributed by atoms with E-state index in [1.54, 1.807) is 13.1 Å². The van der Waals surface area contributed by atoms with Crippen molar-refractivity contribution in [2.75, 3.05) is 20.2 Å². The molecule has 0 radical (unpaired) electrons. The zero-order valence-electron chi connectivity index (χ0n) is 11.9. The van der Waals surface area contributed by atoms with Crippen LogP contribution in [0.5, 0.6) is 0 Å². The van der Waals surface area contributed by atoms with Gasteiger partial charge in [-0.3, -0.25) is 0 Å². The lowest BCUT2D eigenvalue weighted by Crippen LogP contribution is -2.48. The first-order chi connectivity index (χ1) is 10.3. The first-order valence-corrected chi connectivity index (χ1v) is 6.33. The number of carboxylic acids is 1. The number of aliphatic hydroxyl groups is 5. The summed E-state index contributed by atoms with van der Waals surface area (Å²) in [6.07, 6.45) is -2.88. The summed E-state index contributed by atoms with van der Waals surface area (Å²) in [6.45, 7) is -0.569. The summed E-state index contributed by atoms with van der Waals surface area (Å²) >= 11 is 0. The fourth-order valence-electron chi connectivity index (χ4n) is 1.30. The van der Waals surface area contributed by atoms with Gasteiger partial charge in [-0.05, 0) is 13.1 Å². The van der Waals surface area contributed by atoms with Gasteiger partial charge in [0.2, 0.25) is 5.82 Å². The van der Waals surface area contributed by atoms with Gasteiger partial charge in [0.1, 0.15) is 18.3 Å². The molecule has 22 heavy (non-hydrogen) atoms. The first kappa shape index (κ1) is 20.3. The Hall–Kier alpha value is -1.69. The molecular formula is C12H21N3O7. The van der Waals surface area contributed by atoms with Crippen molar-refractivity contribution in [3.63, 3.8) is 0 Å². The monoisotopic (exact) mass is 319 g/mol. The summed E-state index contributed by atoms with van der Waals surface area (Å²) < 4.78 is 0. The molecule has 4 atom stereocenters. The van der Waals surface area contributed by atoms with Crippen molar-refractivity contribution in [3.05, 3.63) is 24.3 Å². The summed E-state index contributed by atoms with van der Waals surface area (Å²) in [5.74, 6) is -1.27.